The summed E-state index contributed by atoms with van der Waals surface area (Å²) in [7, 11) is -3.76. The zero-order valence-electron chi connectivity index (χ0n) is 15.5. The van der Waals surface area contributed by atoms with Crippen LogP contribution < -0.4 is 15.2 Å². The van der Waals surface area contributed by atoms with Crippen molar-refractivity contribution in [3.05, 3.63) is 59.7 Å². The van der Waals surface area contributed by atoms with Gasteiger partial charge in [-0.1, -0.05) is 17.7 Å². The minimum atomic E-state index is -3.76. The molecule has 28 heavy (non-hydrogen) atoms. The monoisotopic (exact) mass is 406 g/mol. The van der Waals surface area contributed by atoms with Gasteiger partial charge in [-0.2, -0.15) is 0 Å². The van der Waals surface area contributed by atoms with Crippen molar-refractivity contribution >= 4 is 21.9 Å². The van der Waals surface area contributed by atoms with Gasteiger partial charge in [0, 0.05) is 5.56 Å². The highest BCUT2D eigenvalue weighted by molar-refractivity contribution is 7.89. The predicted octanol–water partition coefficient (Wildman–Crippen LogP) is 1.38. The first kappa shape index (κ1) is 21.4. The highest BCUT2D eigenvalue weighted by atomic mass is 32.2. The average Bonchev–Trinajstić information content (AvgIpc) is 2.64. The summed E-state index contributed by atoms with van der Waals surface area (Å²) in [6, 6.07) is 11.7. The van der Waals surface area contributed by atoms with Crippen LogP contribution in [0.3, 0.4) is 0 Å². The lowest BCUT2D eigenvalue weighted by Gasteiger charge is -2.14. The second-order valence-electron chi connectivity index (χ2n) is 6.10. The number of rotatable bonds is 8. The van der Waals surface area contributed by atoms with E-state index in [1.54, 1.807) is 18.2 Å². The second-order valence-corrected chi connectivity index (χ2v) is 7.66. The molecule has 8 nitrogen and oxygen atoms in total. The van der Waals surface area contributed by atoms with Gasteiger partial charge in [-0.3, -0.25) is 4.79 Å². The number of nitrogens with one attached hydrogen (secondary N) is 1. The molecule has 0 unspecified atom stereocenters. The zero-order chi connectivity index (χ0) is 20.7. The number of nitrogens with two attached hydrogens (primary N) is 1. The van der Waals surface area contributed by atoms with E-state index in [0.717, 1.165) is 5.56 Å². The van der Waals surface area contributed by atoms with Crippen molar-refractivity contribution in [1.82, 2.24) is 5.32 Å². The van der Waals surface area contributed by atoms with Crippen LogP contribution >= 0.6 is 0 Å². The molecule has 0 saturated carbocycles. The van der Waals surface area contributed by atoms with Gasteiger partial charge in [-0.05, 0) is 50.2 Å². The van der Waals surface area contributed by atoms with Crippen LogP contribution in [0.25, 0.3) is 0 Å². The van der Waals surface area contributed by atoms with Crippen molar-refractivity contribution in [3.63, 3.8) is 0 Å². The third-order valence-electron chi connectivity index (χ3n) is 3.73. The van der Waals surface area contributed by atoms with Crippen LogP contribution in [0.1, 0.15) is 22.8 Å². The van der Waals surface area contributed by atoms with E-state index in [2.05, 4.69) is 5.32 Å². The Morgan fingerprint density at radius 1 is 1.11 bits per heavy atom. The lowest BCUT2D eigenvalue weighted by molar-refractivity contribution is -0.146. The van der Waals surface area contributed by atoms with E-state index >= 15 is 0 Å². The average molecular weight is 406 g/mol. The third-order valence-corrected chi connectivity index (χ3v) is 4.66. The number of amides is 1. The molecule has 150 valence electrons. The van der Waals surface area contributed by atoms with E-state index in [0.29, 0.717) is 11.3 Å². The van der Waals surface area contributed by atoms with E-state index in [-0.39, 0.29) is 24.0 Å². The van der Waals surface area contributed by atoms with Crippen molar-refractivity contribution in [1.29, 1.82) is 0 Å². The fourth-order valence-corrected chi connectivity index (χ4v) is 2.79. The van der Waals surface area contributed by atoms with Gasteiger partial charge in [-0.15, -0.1) is 0 Å². The van der Waals surface area contributed by atoms with Crippen LogP contribution in [0.15, 0.2) is 53.4 Å². The molecule has 0 radical (unpaired) electrons. The van der Waals surface area contributed by atoms with Gasteiger partial charge < -0.3 is 14.8 Å². The largest absolute Gasteiger partial charge is 0.490 e. The first-order valence-corrected chi connectivity index (χ1v) is 10.0. The number of carbonyl (C=O) groups is 2. The number of benzene rings is 2. The Balaban J connectivity index is 1.75. The summed E-state index contributed by atoms with van der Waals surface area (Å²) in [5, 5.41) is 7.59. The van der Waals surface area contributed by atoms with E-state index < -0.39 is 22.0 Å². The molecule has 2 rings (SSSR count). The highest BCUT2D eigenvalue weighted by Crippen LogP contribution is 2.14. The maximum Gasteiger partial charge on any atom is 0.328 e. The number of hydrogen-bond donors (Lipinski definition) is 2. The standard InChI is InChI=1S/C19H22N2O6S/c1-13-4-3-5-15(12-13)18(22)21-14(2)19(23)27-11-10-26-16-6-8-17(9-7-16)28(20,24)25/h3-9,12,14H,10-11H2,1-2H3,(H,21,22)(H2,20,24,25)/t14-/m0/s1. The van der Waals surface area contributed by atoms with E-state index in [1.165, 1.54) is 31.2 Å². The fourth-order valence-electron chi connectivity index (χ4n) is 2.28. The number of carbonyl (C=O) groups excluding carboxylic acids is 2. The molecule has 0 aliphatic carbocycles. The molecular weight excluding hydrogens is 384 g/mol. The molecule has 1 amide bonds. The Bertz CT molecular complexity index is 941. The number of esters is 1. The lowest BCUT2D eigenvalue weighted by atomic mass is 10.1. The van der Waals surface area contributed by atoms with E-state index in [1.807, 2.05) is 13.0 Å². The van der Waals surface area contributed by atoms with Gasteiger partial charge in [0.2, 0.25) is 10.0 Å². The maximum atomic E-state index is 12.1. The summed E-state index contributed by atoms with van der Waals surface area (Å²) in [4.78, 5) is 24.1. The maximum absolute atomic E-state index is 12.1. The lowest BCUT2D eigenvalue weighted by Crippen LogP contribution is -2.40. The van der Waals surface area contributed by atoms with Crippen molar-refractivity contribution in [2.45, 2.75) is 24.8 Å². The number of ether oxygens (including phenoxy) is 2. The molecule has 2 aromatic rings. The van der Waals surface area contributed by atoms with Crippen LogP contribution in [0, 0.1) is 6.92 Å². The summed E-state index contributed by atoms with van der Waals surface area (Å²) in [5.41, 5.74) is 1.41. The van der Waals surface area contributed by atoms with E-state index in [9.17, 15) is 18.0 Å². The quantitative estimate of drug-likeness (QED) is 0.504. The van der Waals surface area contributed by atoms with Crippen molar-refractivity contribution in [2.75, 3.05) is 13.2 Å². The Hall–Kier alpha value is -2.91. The van der Waals surface area contributed by atoms with Crippen LogP contribution in [-0.4, -0.2) is 39.5 Å². The first-order chi connectivity index (χ1) is 13.2. The van der Waals surface area contributed by atoms with Gasteiger partial charge in [0.05, 0.1) is 4.90 Å². The van der Waals surface area contributed by atoms with Crippen molar-refractivity contribution in [3.8, 4) is 5.75 Å². The number of sulfonamides is 1. The molecule has 1 atom stereocenters. The molecule has 3 N–H and O–H groups in total. The highest BCUT2D eigenvalue weighted by Gasteiger charge is 2.18. The number of aryl methyl sites for hydroxylation is 1. The molecule has 0 bridgehead atoms. The molecule has 0 aliphatic rings. The van der Waals surface area contributed by atoms with Gasteiger partial charge in [0.15, 0.2) is 0 Å². The Kier molecular flexibility index (Phi) is 7.13. The van der Waals surface area contributed by atoms with Crippen LogP contribution in [-0.2, 0) is 19.6 Å². The normalized spacial score (nSPS) is 12.1. The zero-order valence-corrected chi connectivity index (χ0v) is 16.4. The summed E-state index contributed by atoms with van der Waals surface area (Å²) in [6.07, 6.45) is 0. The Morgan fingerprint density at radius 3 is 2.39 bits per heavy atom. The minimum Gasteiger partial charge on any atom is -0.490 e. The molecule has 0 aromatic heterocycles. The molecule has 9 heteroatoms. The number of primary sulfonamides is 1. The second kappa shape index (κ2) is 9.34. The number of hydrogen-bond acceptors (Lipinski definition) is 6. The molecule has 0 heterocycles. The van der Waals surface area contributed by atoms with Gasteiger partial charge in [-0.25, -0.2) is 18.4 Å². The molecule has 0 fully saturated rings. The van der Waals surface area contributed by atoms with E-state index in [4.69, 9.17) is 14.6 Å². The molecule has 0 spiro atoms. The van der Waals surface area contributed by atoms with Crippen molar-refractivity contribution in [2.24, 2.45) is 5.14 Å². The fraction of sp³-hybridized carbons (Fsp3) is 0.263. The van der Waals surface area contributed by atoms with Crippen molar-refractivity contribution < 1.29 is 27.5 Å². The van der Waals surface area contributed by atoms with Gasteiger partial charge in [0.25, 0.3) is 5.91 Å². The Labute approximate surface area is 163 Å². The molecule has 0 saturated heterocycles. The van der Waals surface area contributed by atoms with Crippen LogP contribution in [0.4, 0.5) is 0 Å². The van der Waals surface area contributed by atoms with Gasteiger partial charge in [0.1, 0.15) is 25.0 Å². The van der Waals surface area contributed by atoms with Crippen LogP contribution in [0.5, 0.6) is 5.75 Å². The summed E-state index contributed by atoms with van der Waals surface area (Å²) < 4.78 is 32.8. The summed E-state index contributed by atoms with van der Waals surface area (Å²) in [6.45, 7) is 3.44. The Morgan fingerprint density at radius 2 is 1.79 bits per heavy atom. The molecule has 2 aromatic carbocycles. The minimum absolute atomic E-state index is 0.0237. The predicted molar refractivity (Wildman–Crippen MR) is 102 cm³/mol. The smallest absolute Gasteiger partial charge is 0.328 e. The molecule has 0 aliphatic heterocycles. The summed E-state index contributed by atoms with van der Waals surface area (Å²) in [5.74, 6) is -0.544. The SMILES string of the molecule is Cc1cccc(C(=O)N[C@@H](C)C(=O)OCCOc2ccc(S(N)(=O)=O)cc2)c1. The van der Waals surface area contributed by atoms with Crippen LogP contribution in [0.2, 0.25) is 0 Å². The third kappa shape index (κ3) is 6.36. The summed E-state index contributed by atoms with van der Waals surface area (Å²) >= 11 is 0. The molecular formula is C19H22N2O6S. The first-order valence-electron chi connectivity index (χ1n) is 8.46. The topological polar surface area (TPSA) is 125 Å². The van der Waals surface area contributed by atoms with Gasteiger partial charge >= 0.3 is 5.97 Å².